The van der Waals surface area contributed by atoms with E-state index >= 15 is 0 Å². The number of methoxy groups -OCH3 is 1. The summed E-state index contributed by atoms with van der Waals surface area (Å²) in [5.41, 5.74) is 0.422. The van der Waals surface area contributed by atoms with Crippen molar-refractivity contribution in [3.63, 3.8) is 0 Å². The molecule has 0 amide bonds. The van der Waals surface area contributed by atoms with Crippen LogP contribution in [-0.4, -0.2) is 39.3 Å². The number of aryl methyl sites for hydroxylation is 1. The molecule has 2 rings (SSSR count). The molecule has 96 valence electrons. The maximum Gasteiger partial charge on any atom is 0.348 e. The van der Waals surface area contributed by atoms with Crippen LogP contribution < -0.4 is 0 Å². The minimum absolute atomic E-state index is 0.220. The number of imidazole rings is 1. The molecular weight excluding hydrogens is 254 g/mol. The summed E-state index contributed by atoms with van der Waals surface area (Å²) in [5.74, 6) is -0.411. The Morgan fingerprint density at radius 1 is 1.61 bits per heavy atom. The van der Waals surface area contributed by atoms with Gasteiger partial charge in [0.05, 0.1) is 11.6 Å². The monoisotopic (exact) mass is 267 g/mol. The predicted molar refractivity (Wildman–Crippen MR) is 66.9 cm³/mol. The van der Waals surface area contributed by atoms with E-state index in [0.29, 0.717) is 29.7 Å². The van der Waals surface area contributed by atoms with Crippen LogP contribution in [-0.2, 0) is 11.3 Å². The quantitative estimate of drug-likeness (QED) is 0.891. The number of hydrogen-bond acceptors (Lipinski definition) is 5. The molecule has 6 nitrogen and oxygen atoms in total. The second kappa shape index (κ2) is 5.28. The number of nitrogens with zero attached hydrogens (tertiary/aromatic N) is 3. The fourth-order valence-electron chi connectivity index (χ4n) is 1.62. The summed E-state index contributed by atoms with van der Waals surface area (Å²) in [6, 6.07) is 0. The third-order valence-corrected chi connectivity index (χ3v) is 3.35. The lowest BCUT2D eigenvalue weighted by atomic mass is 10.3. The fourth-order valence-corrected chi connectivity index (χ4v) is 2.37. The molecule has 2 aromatic heterocycles. The first-order chi connectivity index (χ1) is 8.63. The van der Waals surface area contributed by atoms with Crippen molar-refractivity contribution in [3.8, 4) is 11.5 Å². The van der Waals surface area contributed by atoms with Gasteiger partial charge in [0.2, 0.25) is 0 Å². The van der Waals surface area contributed by atoms with Gasteiger partial charge < -0.3 is 14.4 Å². The highest BCUT2D eigenvalue weighted by molar-refractivity contribution is 7.14. The van der Waals surface area contributed by atoms with Gasteiger partial charge in [-0.25, -0.2) is 14.8 Å². The van der Waals surface area contributed by atoms with E-state index in [2.05, 4.69) is 9.97 Å². The molecule has 0 spiro atoms. The van der Waals surface area contributed by atoms with Gasteiger partial charge in [0.25, 0.3) is 0 Å². The second-order valence-electron chi connectivity index (χ2n) is 3.65. The van der Waals surface area contributed by atoms with Gasteiger partial charge in [0.15, 0.2) is 5.82 Å². The van der Waals surface area contributed by atoms with Gasteiger partial charge in [-0.05, 0) is 6.92 Å². The Bertz CT molecular complexity index is 562. The van der Waals surface area contributed by atoms with Crippen LogP contribution in [0.5, 0.6) is 0 Å². The van der Waals surface area contributed by atoms with Crippen LogP contribution in [0.1, 0.15) is 14.7 Å². The first-order valence-corrected chi connectivity index (χ1v) is 6.16. The van der Waals surface area contributed by atoms with Gasteiger partial charge in [-0.15, -0.1) is 11.3 Å². The average Bonchev–Trinajstić information content (AvgIpc) is 2.91. The zero-order chi connectivity index (χ0) is 13.1. The van der Waals surface area contributed by atoms with Crippen molar-refractivity contribution in [1.29, 1.82) is 0 Å². The molecule has 0 unspecified atom stereocenters. The molecule has 0 aliphatic rings. The summed E-state index contributed by atoms with van der Waals surface area (Å²) in [5, 5.41) is 9.87. The van der Waals surface area contributed by atoms with Crippen molar-refractivity contribution in [2.24, 2.45) is 0 Å². The van der Waals surface area contributed by atoms with E-state index in [9.17, 15) is 4.79 Å². The summed E-state index contributed by atoms with van der Waals surface area (Å²) in [4.78, 5) is 19.8. The van der Waals surface area contributed by atoms with Crippen LogP contribution in [0.2, 0.25) is 0 Å². The van der Waals surface area contributed by atoms with Crippen molar-refractivity contribution >= 4 is 17.3 Å². The minimum atomic E-state index is -0.975. The first kappa shape index (κ1) is 12.7. The molecule has 7 heteroatoms. The number of carboxylic acid groups (broad SMARTS) is 1. The van der Waals surface area contributed by atoms with E-state index in [1.165, 1.54) is 0 Å². The van der Waals surface area contributed by atoms with E-state index < -0.39 is 5.97 Å². The van der Waals surface area contributed by atoms with Gasteiger partial charge in [-0.2, -0.15) is 0 Å². The van der Waals surface area contributed by atoms with Crippen LogP contribution in [0.25, 0.3) is 11.5 Å². The molecule has 18 heavy (non-hydrogen) atoms. The maximum absolute atomic E-state index is 11.2. The van der Waals surface area contributed by atoms with Crippen LogP contribution in [0.4, 0.5) is 0 Å². The predicted octanol–water partition coefficient (Wildman–Crippen LogP) is 1.66. The second-order valence-corrected chi connectivity index (χ2v) is 4.86. The Morgan fingerprint density at radius 3 is 3.06 bits per heavy atom. The smallest absolute Gasteiger partial charge is 0.348 e. The lowest BCUT2D eigenvalue weighted by Crippen LogP contribution is -2.07. The number of aromatic carboxylic acids is 1. The molecule has 0 aliphatic carbocycles. The van der Waals surface area contributed by atoms with Gasteiger partial charge >= 0.3 is 5.97 Å². The van der Waals surface area contributed by atoms with Gasteiger partial charge in [-0.3, -0.25) is 0 Å². The van der Waals surface area contributed by atoms with Crippen molar-refractivity contribution in [1.82, 2.24) is 14.5 Å². The molecule has 0 aliphatic heterocycles. The number of rotatable bonds is 5. The Morgan fingerprint density at radius 2 is 2.39 bits per heavy atom. The van der Waals surface area contributed by atoms with Gasteiger partial charge in [-0.1, -0.05) is 0 Å². The Hall–Kier alpha value is -1.73. The highest BCUT2D eigenvalue weighted by Crippen LogP contribution is 2.26. The summed E-state index contributed by atoms with van der Waals surface area (Å²) < 4.78 is 6.84. The fraction of sp³-hybridized carbons (Fsp3) is 0.364. The van der Waals surface area contributed by atoms with Crippen LogP contribution >= 0.6 is 11.3 Å². The zero-order valence-electron chi connectivity index (χ0n) is 10.1. The molecule has 0 saturated heterocycles. The molecule has 2 aromatic rings. The average molecular weight is 267 g/mol. The number of thiazole rings is 1. The summed E-state index contributed by atoms with van der Waals surface area (Å²) in [6.07, 6.45) is 3.42. The topological polar surface area (TPSA) is 77.2 Å². The third-order valence-electron chi connectivity index (χ3n) is 2.39. The lowest BCUT2D eigenvalue weighted by Gasteiger charge is -2.05. The SMILES string of the molecule is COCCn1ccnc1-c1nc(C)sc1C(=O)O. The number of carboxylic acids is 1. The van der Waals surface area contributed by atoms with Crippen molar-refractivity contribution in [3.05, 3.63) is 22.3 Å². The number of hydrogen-bond donors (Lipinski definition) is 1. The minimum Gasteiger partial charge on any atom is -0.477 e. The van der Waals surface area contributed by atoms with Crippen LogP contribution in [0.3, 0.4) is 0 Å². The van der Waals surface area contributed by atoms with Crippen LogP contribution in [0.15, 0.2) is 12.4 Å². The maximum atomic E-state index is 11.2. The Balaban J connectivity index is 2.42. The van der Waals surface area contributed by atoms with E-state index in [4.69, 9.17) is 9.84 Å². The zero-order valence-corrected chi connectivity index (χ0v) is 10.9. The summed E-state index contributed by atoms with van der Waals surface area (Å²) >= 11 is 1.16. The molecule has 0 saturated carbocycles. The molecular formula is C11H13N3O3S. The molecule has 0 aromatic carbocycles. The molecule has 0 radical (unpaired) electrons. The van der Waals surface area contributed by atoms with Crippen molar-refractivity contribution in [2.45, 2.75) is 13.5 Å². The van der Waals surface area contributed by atoms with E-state index in [-0.39, 0.29) is 4.88 Å². The summed E-state index contributed by atoms with van der Waals surface area (Å²) in [6.45, 7) is 2.93. The third kappa shape index (κ3) is 2.41. The van der Waals surface area contributed by atoms with Gasteiger partial charge in [0, 0.05) is 26.0 Å². The number of aromatic nitrogens is 3. The molecule has 0 fully saturated rings. The molecule has 1 N–H and O–H groups in total. The van der Waals surface area contributed by atoms with E-state index in [0.717, 1.165) is 11.3 Å². The highest BCUT2D eigenvalue weighted by atomic mass is 32.1. The summed E-state index contributed by atoms with van der Waals surface area (Å²) in [7, 11) is 1.62. The molecule has 0 atom stereocenters. The standard InChI is InChI=1S/C11H13N3O3S/c1-7-13-8(9(18-7)11(15)16)10-12-3-4-14(10)5-6-17-2/h3-4H,5-6H2,1-2H3,(H,15,16). The van der Waals surface area contributed by atoms with Crippen molar-refractivity contribution < 1.29 is 14.6 Å². The Labute approximate surface area is 108 Å². The van der Waals surface area contributed by atoms with E-state index in [1.54, 1.807) is 26.4 Å². The van der Waals surface area contributed by atoms with Crippen molar-refractivity contribution in [2.75, 3.05) is 13.7 Å². The first-order valence-electron chi connectivity index (χ1n) is 5.34. The van der Waals surface area contributed by atoms with Gasteiger partial charge in [0.1, 0.15) is 10.6 Å². The largest absolute Gasteiger partial charge is 0.477 e. The molecule has 0 bridgehead atoms. The normalized spacial score (nSPS) is 10.8. The number of carbonyl (C=O) groups is 1. The Kier molecular flexibility index (Phi) is 3.73. The highest BCUT2D eigenvalue weighted by Gasteiger charge is 2.20. The lowest BCUT2D eigenvalue weighted by molar-refractivity contribution is 0.0702. The van der Waals surface area contributed by atoms with E-state index in [1.807, 2.05) is 4.57 Å². The molecule has 2 heterocycles. The van der Waals surface area contributed by atoms with Crippen LogP contribution in [0, 0.1) is 6.92 Å². The number of ether oxygens (including phenoxy) is 1.